The van der Waals surface area contributed by atoms with Crippen LogP contribution in [0.15, 0.2) is 24.3 Å². The maximum atomic E-state index is 11.4. The molecule has 0 saturated heterocycles. The van der Waals surface area contributed by atoms with Crippen LogP contribution in [0.5, 0.6) is 5.75 Å². The van der Waals surface area contributed by atoms with Crippen LogP contribution in [0.1, 0.15) is 33.6 Å². The Morgan fingerprint density at radius 2 is 1.74 bits per heavy atom. The standard InChI is InChI=1S/C14H19NO4/c1-14(2,3)19-11-6-4-10(5-7-11)15-12(16)8-9-13(17)18/h4-7H,8-9H2,1-3H3,(H,15,16)(H,17,18). The highest BCUT2D eigenvalue weighted by Gasteiger charge is 2.11. The van der Waals surface area contributed by atoms with Crippen molar-refractivity contribution in [2.75, 3.05) is 5.32 Å². The number of aliphatic carboxylic acids is 1. The van der Waals surface area contributed by atoms with Crippen molar-refractivity contribution in [1.29, 1.82) is 0 Å². The van der Waals surface area contributed by atoms with Crippen LogP contribution in [-0.2, 0) is 9.59 Å². The van der Waals surface area contributed by atoms with Gasteiger partial charge >= 0.3 is 5.97 Å². The molecule has 1 rings (SSSR count). The average molecular weight is 265 g/mol. The van der Waals surface area contributed by atoms with E-state index in [0.29, 0.717) is 5.69 Å². The number of anilines is 1. The van der Waals surface area contributed by atoms with Gasteiger partial charge < -0.3 is 15.2 Å². The zero-order valence-electron chi connectivity index (χ0n) is 11.4. The molecule has 0 unspecified atom stereocenters. The van der Waals surface area contributed by atoms with E-state index < -0.39 is 5.97 Å². The summed E-state index contributed by atoms with van der Waals surface area (Å²) in [7, 11) is 0. The summed E-state index contributed by atoms with van der Waals surface area (Å²) >= 11 is 0. The summed E-state index contributed by atoms with van der Waals surface area (Å²) in [6.07, 6.45) is -0.202. The molecule has 0 aliphatic heterocycles. The Balaban J connectivity index is 2.52. The van der Waals surface area contributed by atoms with Crippen LogP contribution in [0.25, 0.3) is 0 Å². The minimum Gasteiger partial charge on any atom is -0.488 e. The lowest BCUT2D eigenvalue weighted by atomic mass is 10.2. The highest BCUT2D eigenvalue weighted by Crippen LogP contribution is 2.20. The lowest BCUT2D eigenvalue weighted by molar-refractivity contribution is -0.138. The van der Waals surface area contributed by atoms with Crippen LogP contribution in [0, 0.1) is 0 Å². The van der Waals surface area contributed by atoms with Crippen molar-refractivity contribution in [2.45, 2.75) is 39.2 Å². The van der Waals surface area contributed by atoms with Crippen LogP contribution in [0.3, 0.4) is 0 Å². The first-order valence-electron chi connectivity index (χ1n) is 6.07. The van der Waals surface area contributed by atoms with Crippen molar-refractivity contribution < 1.29 is 19.4 Å². The number of ether oxygens (including phenoxy) is 1. The van der Waals surface area contributed by atoms with E-state index in [4.69, 9.17) is 9.84 Å². The third kappa shape index (κ3) is 6.45. The number of amides is 1. The number of benzene rings is 1. The van der Waals surface area contributed by atoms with Crippen LogP contribution < -0.4 is 10.1 Å². The number of hydrogen-bond donors (Lipinski definition) is 2. The summed E-state index contributed by atoms with van der Waals surface area (Å²) < 4.78 is 5.65. The largest absolute Gasteiger partial charge is 0.488 e. The summed E-state index contributed by atoms with van der Waals surface area (Å²) in [6, 6.07) is 6.97. The summed E-state index contributed by atoms with van der Waals surface area (Å²) in [5.41, 5.74) is 0.350. The maximum Gasteiger partial charge on any atom is 0.303 e. The van der Waals surface area contributed by atoms with Gasteiger partial charge in [0, 0.05) is 12.1 Å². The maximum absolute atomic E-state index is 11.4. The monoisotopic (exact) mass is 265 g/mol. The van der Waals surface area contributed by atoms with Crippen molar-refractivity contribution in [1.82, 2.24) is 0 Å². The Kier molecular flexibility index (Phi) is 4.92. The Morgan fingerprint density at radius 3 is 2.21 bits per heavy atom. The molecule has 0 radical (unpaired) electrons. The van der Waals surface area contributed by atoms with Gasteiger partial charge in [0.2, 0.25) is 5.91 Å². The third-order valence-corrected chi connectivity index (χ3v) is 2.13. The second kappa shape index (κ2) is 6.22. The summed E-state index contributed by atoms with van der Waals surface area (Å²) in [4.78, 5) is 21.8. The van der Waals surface area contributed by atoms with Crippen molar-refractivity contribution in [3.05, 3.63) is 24.3 Å². The van der Waals surface area contributed by atoms with Crippen LogP contribution in [0.4, 0.5) is 5.69 Å². The van der Waals surface area contributed by atoms with Crippen molar-refractivity contribution in [3.8, 4) is 5.75 Å². The molecule has 1 aromatic carbocycles. The summed E-state index contributed by atoms with van der Waals surface area (Å²) in [6.45, 7) is 5.86. The Hall–Kier alpha value is -2.04. The smallest absolute Gasteiger partial charge is 0.303 e. The van der Waals surface area contributed by atoms with Crippen molar-refractivity contribution in [3.63, 3.8) is 0 Å². The van der Waals surface area contributed by atoms with Gasteiger partial charge in [-0.3, -0.25) is 9.59 Å². The van der Waals surface area contributed by atoms with Crippen molar-refractivity contribution >= 4 is 17.6 Å². The number of rotatable bonds is 5. The number of hydrogen-bond acceptors (Lipinski definition) is 3. The van der Waals surface area contributed by atoms with Gasteiger partial charge in [-0.05, 0) is 45.0 Å². The van der Waals surface area contributed by atoms with Gasteiger partial charge in [0.05, 0.1) is 6.42 Å². The first-order chi connectivity index (χ1) is 8.76. The predicted molar refractivity (Wildman–Crippen MR) is 72.3 cm³/mol. The minimum absolute atomic E-state index is 0.0322. The highest BCUT2D eigenvalue weighted by molar-refractivity contribution is 5.92. The van der Waals surface area contributed by atoms with Crippen molar-refractivity contribution in [2.24, 2.45) is 0 Å². The Bertz CT molecular complexity index is 446. The molecule has 0 atom stereocenters. The van der Waals surface area contributed by atoms with Gasteiger partial charge in [-0.1, -0.05) is 0 Å². The molecule has 1 amide bonds. The number of nitrogens with one attached hydrogen (secondary N) is 1. The lowest BCUT2D eigenvalue weighted by Crippen LogP contribution is -2.22. The molecule has 0 bridgehead atoms. The molecule has 0 heterocycles. The number of carbonyl (C=O) groups is 2. The van der Waals surface area contributed by atoms with E-state index >= 15 is 0 Å². The van der Waals surface area contributed by atoms with E-state index in [1.165, 1.54) is 0 Å². The summed E-state index contributed by atoms with van der Waals surface area (Å²) in [5.74, 6) is -0.577. The quantitative estimate of drug-likeness (QED) is 0.858. The molecule has 1 aromatic rings. The molecule has 0 aliphatic rings. The molecular weight excluding hydrogens is 246 g/mol. The fourth-order valence-corrected chi connectivity index (χ4v) is 1.40. The van der Waals surface area contributed by atoms with Crippen LogP contribution in [-0.4, -0.2) is 22.6 Å². The predicted octanol–water partition coefficient (Wildman–Crippen LogP) is 2.67. The van der Waals surface area contributed by atoms with Gasteiger partial charge in [0.15, 0.2) is 0 Å². The number of carboxylic acid groups (broad SMARTS) is 1. The Labute approximate surface area is 112 Å². The molecule has 0 aromatic heterocycles. The van der Waals surface area contributed by atoms with E-state index in [2.05, 4.69) is 5.32 Å². The van der Waals surface area contributed by atoms with E-state index in [1.54, 1.807) is 24.3 Å². The fourth-order valence-electron chi connectivity index (χ4n) is 1.40. The molecular formula is C14H19NO4. The molecule has 0 fully saturated rings. The Morgan fingerprint density at radius 1 is 1.16 bits per heavy atom. The SMILES string of the molecule is CC(C)(C)Oc1ccc(NC(=O)CCC(=O)O)cc1. The van der Waals surface area contributed by atoms with E-state index in [1.807, 2.05) is 20.8 Å². The molecule has 0 spiro atoms. The second-order valence-corrected chi connectivity index (χ2v) is 5.18. The van der Waals surface area contributed by atoms with E-state index in [9.17, 15) is 9.59 Å². The van der Waals surface area contributed by atoms with Gasteiger partial charge in [0.25, 0.3) is 0 Å². The zero-order chi connectivity index (χ0) is 14.5. The second-order valence-electron chi connectivity index (χ2n) is 5.18. The van der Waals surface area contributed by atoms with Gasteiger partial charge in [-0.2, -0.15) is 0 Å². The highest BCUT2D eigenvalue weighted by atomic mass is 16.5. The fraction of sp³-hybridized carbons (Fsp3) is 0.429. The van der Waals surface area contributed by atoms with Gasteiger partial charge in [0.1, 0.15) is 11.4 Å². The van der Waals surface area contributed by atoms with Gasteiger partial charge in [-0.15, -0.1) is 0 Å². The third-order valence-electron chi connectivity index (χ3n) is 2.13. The normalized spacial score (nSPS) is 10.9. The van der Waals surface area contributed by atoms with E-state index in [-0.39, 0.29) is 24.3 Å². The molecule has 19 heavy (non-hydrogen) atoms. The van der Waals surface area contributed by atoms with Gasteiger partial charge in [-0.25, -0.2) is 0 Å². The first-order valence-corrected chi connectivity index (χ1v) is 6.07. The lowest BCUT2D eigenvalue weighted by Gasteiger charge is -2.21. The number of carbonyl (C=O) groups excluding carboxylic acids is 1. The zero-order valence-corrected chi connectivity index (χ0v) is 11.4. The molecule has 0 aliphatic carbocycles. The first kappa shape index (κ1) is 15.0. The van der Waals surface area contributed by atoms with Crippen LogP contribution in [0.2, 0.25) is 0 Å². The molecule has 2 N–H and O–H groups in total. The molecule has 104 valence electrons. The molecule has 5 nitrogen and oxygen atoms in total. The topological polar surface area (TPSA) is 75.6 Å². The van der Waals surface area contributed by atoms with Crippen LogP contribution >= 0.6 is 0 Å². The minimum atomic E-state index is -0.982. The molecule has 5 heteroatoms. The summed E-state index contributed by atoms with van der Waals surface area (Å²) in [5, 5.41) is 11.1. The average Bonchev–Trinajstić information content (AvgIpc) is 2.27. The molecule has 0 saturated carbocycles. The van der Waals surface area contributed by atoms with E-state index in [0.717, 1.165) is 5.75 Å². The number of carboxylic acids is 1.